The molecule has 0 amide bonds. The number of benzene rings is 1. The van der Waals surface area contributed by atoms with Crippen molar-refractivity contribution in [3.8, 4) is 0 Å². The van der Waals surface area contributed by atoms with E-state index in [0.717, 1.165) is 4.90 Å². The molecule has 0 aliphatic heterocycles. The molecule has 1 aromatic carbocycles. The van der Waals surface area contributed by atoms with Gasteiger partial charge in [-0.25, -0.2) is 4.79 Å². The van der Waals surface area contributed by atoms with Crippen LogP contribution in [0, 0.1) is 0 Å². The highest BCUT2D eigenvalue weighted by molar-refractivity contribution is 7.98. The lowest BCUT2D eigenvalue weighted by molar-refractivity contribution is -0.161. The van der Waals surface area contributed by atoms with Crippen LogP contribution in [-0.2, 0) is 14.3 Å². The molecule has 0 bridgehead atoms. The van der Waals surface area contributed by atoms with Gasteiger partial charge in [-0.3, -0.25) is 4.79 Å². The third-order valence-electron chi connectivity index (χ3n) is 3.38. The smallest absolute Gasteiger partial charge is 0.333 e. The Bertz CT molecular complexity index is 510. The van der Waals surface area contributed by atoms with Crippen LogP contribution in [0.4, 0.5) is 0 Å². The average Bonchev–Trinajstić information content (AvgIpc) is 2.52. The molecule has 0 fully saturated rings. The van der Waals surface area contributed by atoms with Crippen LogP contribution < -0.4 is 0 Å². The van der Waals surface area contributed by atoms with Gasteiger partial charge < -0.3 is 9.47 Å². The van der Waals surface area contributed by atoms with Crippen molar-refractivity contribution in [1.29, 1.82) is 0 Å². The van der Waals surface area contributed by atoms with Gasteiger partial charge in [0.2, 0.25) is 5.78 Å². The first-order chi connectivity index (χ1) is 10.3. The minimum Gasteiger partial charge on any atom is -0.449 e. The van der Waals surface area contributed by atoms with Gasteiger partial charge in [0.1, 0.15) is 6.61 Å². The van der Waals surface area contributed by atoms with Crippen molar-refractivity contribution in [3.05, 3.63) is 29.8 Å². The predicted molar refractivity (Wildman–Crippen MR) is 88.4 cm³/mol. The van der Waals surface area contributed by atoms with Crippen molar-refractivity contribution in [2.75, 3.05) is 12.9 Å². The second-order valence-electron chi connectivity index (χ2n) is 5.48. The lowest BCUT2D eigenvalue weighted by Crippen LogP contribution is -2.41. The van der Waals surface area contributed by atoms with E-state index in [9.17, 15) is 9.59 Å². The van der Waals surface area contributed by atoms with Crippen LogP contribution in [0.5, 0.6) is 0 Å². The normalized spacial score (nSPS) is 13.7. The third-order valence-corrected chi connectivity index (χ3v) is 4.12. The van der Waals surface area contributed by atoms with Crippen molar-refractivity contribution in [2.24, 2.45) is 0 Å². The Morgan fingerprint density at radius 2 is 1.82 bits per heavy atom. The van der Waals surface area contributed by atoms with Gasteiger partial charge in [0.15, 0.2) is 5.60 Å². The molecule has 1 unspecified atom stereocenters. The van der Waals surface area contributed by atoms with Crippen LogP contribution in [0.1, 0.15) is 44.5 Å². The van der Waals surface area contributed by atoms with Gasteiger partial charge in [0.25, 0.3) is 0 Å². The summed E-state index contributed by atoms with van der Waals surface area (Å²) in [5.74, 6) is -0.715. The van der Waals surface area contributed by atoms with Gasteiger partial charge in [0, 0.05) is 10.5 Å². The number of carbonyl (C=O) groups is 2. The summed E-state index contributed by atoms with van der Waals surface area (Å²) in [6.07, 6.45) is 2.32. The number of ketones is 1. The molecule has 0 aliphatic carbocycles. The van der Waals surface area contributed by atoms with Crippen molar-refractivity contribution < 1.29 is 19.1 Å². The first-order valence-electron chi connectivity index (χ1n) is 7.34. The van der Waals surface area contributed by atoms with Gasteiger partial charge in [-0.15, -0.1) is 11.8 Å². The van der Waals surface area contributed by atoms with E-state index in [2.05, 4.69) is 0 Å². The molecule has 122 valence electrons. The fourth-order valence-electron chi connectivity index (χ4n) is 1.84. The van der Waals surface area contributed by atoms with Gasteiger partial charge >= 0.3 is 5.97 Å². The molecule has 5 heteroatoms. The quantitative estimate of drug-likeness (QED) is 0.414. The summed E-state index contributed by atoms with van der Waals surface area (Å²) in [4.78, 5) is 25.6. The standard InChI is InChI=1S/C17H24O4S/c1-6-17(4,21-15(18)11-20-12(2)3)16(19)13-7-9-14(22-5)10-8-13/h7-10,12H,6,11H2,1-5H3. The first-order valence-corrected chi connectivity index (χ1v) is 8.57. The summed E-state index contributed by atoms with van der Waals surface area (Å²) in [6.45, 7) is 7.00. The summed E-state index contributed by atoms with van der Waals surface area (Å²) in [7, 11) is 0. The largest absolute Gasteiger partial charge is 0.449 e. The van der Waals surface area contributed by atoms with Crippen molar-refractivity contribution in [1.82, 2.24) is 0 Å². The van der Waals surface area contributed by atoms with Crippen LogP contribution in [-0.4, -0.2) is 36.3 Å². The highest BCUT2D eigenvalue weighted by Crippen LogP contribution is 2.24. The number of esters is 1. The maximum Gasteiger partial charge on any atom is 0.333 e. The second kappa shape index (κ2) is 8.34. The molecule has 1 aromatic rings. The zero-order valence-corrected chi connectivity index (χ0v) is 14.7. The van der Waals surface area contributed by atoms with Crippen LogP contribution in [0.2, 0.25) is 0 Å². The molecule has 1 atom stereocenters. The lowest BCUT2D eigenvalue weighted by atomic mass is 9.92. The number of thioether (sulfide) groups is 1. The van der Waals surface area contributed by atoms with Gasteiger partial charge in [0.05, 0.1) is 6.10 Å². The SMILES string of the molecule is CCC(C)(OC(=O)COC(C)C)C(=O)c1ccc(SC)cc1. The Kier molecular flexibility index (Phi) is 7.10. The lowest BCUT2D eigenvalue weighted by Gasteiger charge is -2.27. The molecule has 1 rings (SSSR count). The second-order valence-corrected chi connectivity index (χ2v) is 6.36. The zero-order valence-electron chi connectivity index (χ0n) is 13.8. The number of hydrogen-bond acceptors (Lipinski definition) is 5. The van der Waals surface area contributed by atoms with E-state index in [4.69, 9.17) is 9.47 Å². The Hall–Kier alpha value is -1.33. The third kappa shape index (κ3) is 5.14. The van der Waals surface area contributed by atoms with Gasteiger partial charge in [-0.05, 0) is 45.6 Å². The zero-order chi connectivity index (χ0) is 16.8. The van der Waals surface area contributed by atoms with E-state index >= 15 is 0 Å². The Balaban J connectivity index is 2.82. The molecule has 0 saturated heterocycles. The number of carbonyl (C=O) groups excluding carboxylic acids is 2. The van der Waals surface area contributed by atoms with Crippen molar-refractivity contribution >= 4 is 23.5 Å². The molecule has 0 spiro atoms. The monoisotopic (exact) mass is 324 g/mol. The maximum atomic E-state index is 12.6. The Morgan fingerprint density at radius 1 is 1.23 bits per heavy atom. The molecule has 0 N–H and O–H groups in total. The first kappa shape index (κ1) is 18.7. The minimum absolute atomic E-state index is 0.0600. The van der Waals surface area contributed by atoms with E-state index in [-0.39, 0.29) is 18.5 Å². The molecule has 0 aliphatic rings. The van der Waals surface area contributed by atoms with E-state index in [1.54, 1.807) is 30.8 Å². The minimum atomic E-state index is -1.17. The summed E-state index contributed by atoms with van der Waals surface area (Å²) in [6, 6.07) is 7.30. The molecular weight excluding hydrogens is 300 g/mol. The number of ether oxygens (including phenoxy) is 2. The Morgan fingerprint density at radius 3 is 2.27 bits per heavy atom. The molecule has 4 nitrogen and oxygen atoms in total. The van der Waals surface area contributed by atoms with Crippen LogP contribution >= 0.6 is 11.8 Å². The molecule has 0 heterocycles. The van der Waals surface area contributed by atoms with E-state index in [1.165, 1.54) is 0 Å². The number of Topliss-reactive ketones (excluding diaryl/α,β-unsaturated/α-hetero) is 1. The molecule has 0 radical (unpaired) electrons. The summed E-state index contributed by atoms with van der Waals surface area (Å²) in [5, 5.41) is 0. The molecule has 0 saturated carbocycles. The van der Waals surface area contributed by atoms with E-state index in [1.807, 2.05) is 39.2 Å². The molecule has 0 aromatic heterocycles. The predicted octanol–water partition coefficient (Wildman–Crippen LogP) is 3.73. The molecule has 22 heavy (non-hydrogen) atoms. The molecular formula is C17H24O4S. The summed E-state index contributed by atoms with van der Waals surface area (Å²) >= 11 is 1.61. The van der Waals surface area contributed by atoms with Crippen LogP contribution in [0.3, 0.4) is 0 Å². The van der Waals surface area contributed by atoms with Gasteiger partial charge in [-0.2, -0.15) is 0 Å². The van der Waals surface area contributed by atoms with Crippen LogP contribution in [0.25, 0.3) is 0 Å². The fourth-order valence-corrected chi connectivity index (χ4v) is 2.25. The Labute approximate surface area is 136 Å². The fraction of sp³-hybridized carbons (Fsp3) is 0.529. The highest BCUT2D eigenvalue weighted by Gasteiger charge is 2.36. The van der Waals surface area contributed by atoms with Crippen molar-refractivity contribution in [2.45, 2.75) is 50.7 Å². The topological polar surface area (TPSA) is 52.6 Å². The highest BCUT2D eigenvalue weighted by atomic mass is 32.2. The number of rotatable bonds is 8. The summed E-state index contributed by atoms with van der Waals surface area (Å²) in [5.41, 5.74) is -0.627. The van der Waals surface area contributed by atoms with E-state index in [0.29, 0.717) is 12.0 Å². The van der Waals surface area contributed by atoms with E-state index < -0.39 is 11.6 Å². The summed E-state index contributed by atoms with van der Waals surface area (Å²) < 4.78 is 10.6. The van der Waals surface area contributed by atoms with Gasteiger partial charge in [-0.1, -0.05) is 19.1 Å². The maximum absolute atomic E-state index is 12.6. The van der Waals surface area contributed by atoms with Crippen LogP contribution in [0.15, 0.2) is 29.2 Å². The number of hydrogen-bond donors (Lipinski definition) is 0. The van der Waals surface area contributed by atoms with Crippen molar-refractivity contribution in [3.63, 3.8) is 0 Å². The average molecular weight is 324 g/mol.